The molecule has 0 aliphatic heterocycles. The summed E-state index contributed by atoms with van der Waals surface area (Å²) in [6.07, 6.45) is 0. The highest BCUT2D eigenvalue weighted by atomic mass is 32.2. The molecule has 0 bridgehead atoms. The number of methoxy groups -OCH3 is 1. The number of hydrogen-bond acceptors (Lipinski definition) is 6. The maximum Gasteiger partial charge on any atom is 0.206 e. The molecule has 0 saturated heterocycles. The molecule has 0 N–H and O–H groups in total. The fourth-order valence-corrected chi connectivity index (χ4v) is 7.97. The first-order chi connectivity index (χ1) is 31.1. The molecule has 15 heteroatoms. The largest absolute Gasteiger partial charge is 0.497 e. The smallest absolute Gasteiger partial charge is 0.206 e. The van der Waals surface area contributed by atoms with Gasteiger partial charge in [-0.15, -0.1) is 0 Å². The fraction of sp³-hybridized carbons (Fsp3) is 0.0400. The highest BCUT2D eigenvalue weighted by molar-refractivity contribution is 7.91. The first-order valence-corrected chi connectivity index (χ1v) is 20.8. The van der Waals surface area contributed by atoms with E-state index in [0.717, 1.165) is 16.9 Å². The highest BCUT2D eigenvalue weighted by Gasteiger charge is 2.34. The van der Waals surface area contributed by atoms with E-state index in [4.69, 9.17) is 18.9 Å². The average molecular weight is 911 g/mol. The van der Waals surface area contributed by atoms with Crippen LogP contribution in [0.25, 0.3) is 33.4 Å². The topological polar surface area (TPSA) is 71.1 Å². The summed E-state index contributed by atoms with van der Waals surface area (Å²) in [4.78, 5) is 0.0982. The lowest BCUT2D eigenvalue weighted by Gasteiger charge is -2.15. The third kappa shape index (κ3) is 8.70. The summed E-state index contributed by atoms with van der Waals surface area (Å²) < 4.78 is 166. The van der Waals surface area contributed by atoms with Crippen LogP contribution in [0.2, 0.25) is 0 Å². The molecule has 8 aromatic carbocycles. The Kier molecular flexibility index (Phi) is 12.1. The minimum atomic E-state index is -3.89. The second kappa shape index (κ2) is 17.8. The molecule has 0 heterocycles. The molecule has 0 amide bonds. The molecule has 6 nitrogen and oxygen atoms in total. The van der Waals surface area contributed by atoms with Crippen LogP contribution in [0.5, 0.6) is 40.2 Å². The molecule has 0 aliphatic rings. The Morgan fingerprint density at radius 1 is 0.338 bits per heavy atom. The predicted octanol–water partition coefficient (Wildman–Crippen LogP) is 14.3. The Hall–Kier alpha value is -7.65. The molecule has 0 aromatic heterocycles. The van der Waals surface area contributed by atoms with Gasteiger partial charge in [0.25, 0.3) is 0 Å². The zero-order valence-electron chi connectivity index (χ0n) is 33.7. The molecule has 8 aromatic rings. The quantitative estimate of drug-likeness (QED) is 0.0898. The van der Waals surface area contributed by atoms with Crippen LogP contribution in [0, 0.1) is 53.5 Å². The Labute approximate surface area is 366 Å². The number of benzene rings is 8. The molecule has 328 valence electrons. The second-order valence-corrected chi connectivity index (χ2v) is 16.2. The lowest BCUT2D eigenvalue weighted by atomic mass is 9.99. The van der Waals surface area contributed by atoms with Gasteiger partial charge in [-0.1, -0.05) is 48.5 Å². The third-order valence-electron chi connectivity index (χ3n) is 10.2. The van der Waals surface area contributed by atoms with Gasteiger partial charge in [0, 0.05) is 5.56 Å². The molecule has 0 radical (unpaired) electrons. The van der Waals surface area contributed by atoms with Crippen LogP contribution >= 0.6 is 0 Å². The molecule has 8 rings (SSSR count). The van der Waals surface area contributed by atoms with E-state index in [1.54, 1.807) is 43.5 Å². The summed E-state index contributed by atoms with van der Waals surface area (Å²) in [5.74, 6) is -17.0. The van der Waals surface area contributed by atoms with Crippen molar-refractivity contribution in [2.24, 2.45) is 0 Å². The zero-order valence-corrected chi connectivity index (χ0v) is 34.6. The van der Waals surface area contributed by atoms with Gasteiger partial charge in [-0.05, 0) is 126 Å². The van der Waals surface area contributed by atoms with E-state index < -0.39 is 78.8 Å². The maximum atomic E-state index is 15.0. The molecule has 65 heavy (non-hydrogen) atoms. The molecule has 0 atom stereocenters. The minimum absolute atomic E-state index is 0.0366. The SMILES string of the molecule is COc1ccc(-c2ccc(Oc3ccc(S(=O)(=O)c4ccc(Oc5ccc(-c6ccc(Oc7c(F)c(F)c(-c8c(F)c(F)c(C)c(F)c8F)c(F)c7F)cc6)cc5)cc4)cc3)cc2)cc1. The van der Waals surface area contributed by atoms with Crippen LogP contribution in [0.1, 0.15) is 5.56 Å². The van der Waals surface area contributed by atoms with Crippen molar-refractivity contribution in [3.05, 3.63) is 198 Å². The summed E-state index contributed by atoms with van der Waals surface area (Å²) in [7, 11) is -2.28. The summed E-state index contributed by atoms with van der Waals surface area (Å²) in [5, 5.41) is 0. The highest BCUT2D eigenvalue weighted by Crippen LogP contribution is 2.42. The Balaban J connectivity index is 0.890. The number of rotatable bonds is 12. The molecular formula is C50H30F8O6S. The Morgan fingerprint density at radius 2 is 0.600 bits per heavy atom. The van der Waals surface area contributed by atoms with Gasteiger partial charge < -0.3 is 18.9 Å². The lowest BCUT2D eigenvalue weighted by Crippen LogP contribution is -2.09. The van der Waals surface area contributed by atoms with Crippen molar-refractivity contribution in [2.75, 3.05) is 7.11 Å². The van der Waals surface area contributed by atoms with Gasteiger partial charge in [-0.2, -0.15) is 8.78 Å². The fourth-order valence-electron chi connectivity index (χ4n) is 6.71. The van der Waals surface area contributed by atoms with Gasteiger partial charge in [-0.3, -0.25) is 0 Å². The van der Waals surface area contributed by atoms with Gasteiger partial charge in [0.2, 0.25) is 27.2 Å². The van der Waals surface area contributed by atoms with Crippen molar-refractivity contribution in [3.63, 3.8) is 0 Å². The van der Waals surface area contributed by atoms with Crippen molar-refractivity contribution < 1.29 is 62.5 Å². The molecule has 0 aliphatic carbocycles. The molecule has 0 unspecified atom stereocenters. The molecular weight excluding hydrogens is 881 g/mol. The van der Waals surface area contributed by atoms with E-state index in [2.05, 4.69) is 0 Å². The van der Waals surface area contributed by atoms with E-state index in [9.17, 15) is 26.0 Å². The normalized spacial score (nSPS) is 11.4. The van der Waals surface area contributed by atoms with Gasteiger partial charge >= 0.3 is 0 Å². The van der Waals surface area contributed by atoms with Crippen molar-refractivity contribution in [2.45, 2.75) is 16.7 Å². The van der Waals surface area contributed by atoms with Crippen LogP contribution in [-0.4, -0.2) is 15.5 Å². The summed E-state index contributed by atoms with van der Waals surface area (Å²) in [6, 6.07) is 39.0. The Morgan fingerprint density at radius 3 is 0.908 bits per heavy atom. The Bertz CT molecular complexity index is 3110. The van der Waals surface area contributed by atoms with E-state index >= 15 is 17.6 Å². The van der Waals surface area contributed by atoms with Crippen molar-refractivity contribution in [1.82, 2.24) is 0 Å². The van der Waals surface area contributed by atoms with Crippen LogP contribution in [0.3, 0.4) is 0 Å². The molecule has 0 saturated carbocycles. The lowest BCUT2D eigenvalue weighted by molar-refractivity contribution is 0.366. The number of hydrogen-bond donors (Lipinski definition) is 0. The number of ether oxygens (including phenoxy) is 4. The van der Waals surface area contributed by atoms with E-state index in [-0.39, 0.29) is 15.5 Å². The molecule has 0 fully saturated rings. The van der Waals surface area contributed by atoms with Crippen molar-refractivity contribution in [1.29, 1.82) is 0 Å². The predicted molar refractivity (Wildman–Crippen MR) is 225 cm³/mol. The van der Waals surface area contributed by atoms with Gasteiger partial charge in [-0.25, -0.2) is 34.8 Å². The van der Waals surface area contributed by atoms with E-state index in [1.807, 2.05) is 48.5 Å². The van der Waals surface area contributed by atoms with Gasteiger partial charge in [0.05, 0.1) is 28.0 Å². The monoisotopic (exact) mass is 910 g/mol. The third-order valence-corrected chi connectivity index (χ3v) is 12.0. The second-order valence-electron chi connectivity index (χ2n) is 14.3. The number of sulfone groups is 1. The minimum Gasteiger partial charge on any atom is -0.497 e. The van der Waals surface area contributed by atoms with Crippen LogP contribution < -0.4 is 18.9 Å². The summed E-state index contributed by atoms with van der Waals surface area (Å²) >= 11 is 0. The van der Waals surface area contributed by atoms with Crippen molar-refractivity contribution in [3.8, 4) is 73.6 Å². The van der Waals surface area contributed by atoms with Crippen molar-refractivity contribution >= 4 is 9.84 Å². The van der Waals surface area contributed by atoms with Crippen LogP contribution in [0.4, 0.5) is 35.1 Å². The standard InChI is InChI=1S/C50H30F8O6S/c1-27-42(51)44(53)40(45(54)43(27)52)41-46(55)48(57)50(49(58)47(41)56)64-37-17-9-31(10-18-37)30-7-15-34(16-8-30)63-36-21-25-39(26-22-36)65(59,60)38-23-19-35(20-24-38)62-33-13-5-29(6-14-33)28-3-11-32(61-2)12-4-28/h3-26H,1-2H3. The van der Waals surface area contributed by atoms with Crippen LogP contribution in [0.15, 0.2) is 155 Å². The van der Waals surface area contributed by atoms with Crippen LogP contribution in [-0.2, 0) is 9.84 Å². The first kappa shape index (κ1) is 44.0. The maximum absolute atomic E-state index is 15.0. The summed E-state index contributed by atoms with van der Waals surface area (Å²) in [6.45, 7) is 0.659. The van der Waals surface area contributed by atoms with E-state index in [1.165, 1.54) is 60.7 Å². The van der Waals surface area contributed by atoms with E-state index in [0.29, 0.717) is 41.0 Å². The average Bonchev–Trinajstić information content (AvgIpc) is 3.33. The number of halogens is 8. The summed E-state index contributed by atoms with van der Waals surface area (Å²) in [5.41, 5.74) is -1.93. The zero-order chi connectivity index (χ0) is 46.2. The molecule has 0 spiro atoms. The van der Waals surface area contributed by atoms with Gasteiger partial charge in [0.15, 0.2) is 34.9 Å². The van der Waals surface area contributed by atoms with Gasteiger partial charge in [0.1, 0.15) is 34.5 Å². The first-order valence-electron chi connectivity index (χ1n) is 19.3.